The van der Waals surface area contributed by atoms with Crippen LogP contribution < -0.4 is 11.1 Å². The first-order valence-electron chi connectivity index (χ1n) is 7.40. The first-order valence-corrected chi connectivity index (χ1v) is 7.40. The van der Waals surface area contributed by atoms with Crippen molar-refractivity contribution in [2.75, 3.05) is 5.32 Å². The van der Waals surface area contributed by atoms with Gasteiger partial charge in [-0.1, -0.05) is 6.42 Å². The van der Waals surface area contributed by atoms with Crippen LogP contribution in [-0.4, -0.2) is 21.7 Å². The van der Waals surface area contributed by atoms with Crippen LogP contribution in [0.25, 0.3) is 0 Å². The highest BCUT2D eigenvalue weighted by atomic mass is 16.2. The highest BCUT2D eigenvalue weighted by molar-refractivity contribution is 5.96. The van der Waals surface area contributed by atoms with E-state index in [9.17, 15) is 4.79 Å². The molecule has 1 heterocycles. The molecule has 5 nitrogen and oxygen atoms in total. The van der Waals surface area contributed by atoms with E-state index in [0.717, 1.165) is 36.3 Å². The first kappa shape index (κ1) is 15.0. The van der Waals surface area contributed by atoms with E-state index in [0.29, 0.717) is 0 Å². The predicted molar refractivity (Wildman–Crippen MR) is 80.6 cm³/mol. The van der Waals surface area contributed by atoms with Gasteiger partial charge in [-0.25, -0.2) is 0 Å². The number of nitrogens with one attached hydrogen (secondary N) is 1. The number of carbonyl (C=O) groups excluding carboxylic acids is 1. The van der Waals surface area contributed by atoms with Crippen LogP contribution in [0.5, 0.6) is 0 Å². The fourth-order valence-corrected chi connectivity index (χ4v) is 3.08. The van der Waals surface area contributed by atoms with Crippen molar-refractivity contribution in [1.29, 1.82) is 0 Å². The number of hydrogen-bond acceptors (Lipinski definition) is 3. The van der Waals surface area contributed by atoms with Crippen LogP contribution in [0.15, 0.2) is 0 Å². The fourth-order valence-electron chi connectivity index (χ4n) is 3.08. The van der Waals surface area contributed by atoms with Crippen LogP contribution >= 0.6 is 0 Å². The van der Waals surface area contributed by atoms with E-state index in [-0.39, 0.29) is 18.0 Å². The summed E-state index contributed by atoms with van der Waals surface area (Å²) in [5, 5.41) is 7.57. The van der Waals surface area contributed by atoms with Gasteiger partial charge in [0.05, 0.1) is 22.5 Å². The van der Waals surface area contributed by atoms with Gasteiger partial charge in [0.15, 0.2) is 0 Å². The molecule has 5 heteroatoms. The van der Waals surface area contributed by atoms with E-state index in [2.05, 4.69) is 24.3 Å². The lowest BCUT2D eigenvalue weighted by atomic mass is 9.84. The Morgan fingerprint density at radius 2 is 2.15 bits per heavy atom. The van der Waals surface area contributed by atoms with E-state index < -0.39 is 5.41 Å². The number of amides is 1. The molecular weight excluding hydrogens is 252 g/mol. The number of anilines is 1. The molecule has 1 aliphatic carbocycles. The summed E-state index contributed by atoms with van der Waals surface area (Å²) < 4.78 is 1.95. The maximum Gasteiger partial charge on any atom is 0.231 e. The predicted octanol–water partition coefficient (Wildman–Crippen LogP) is 2.54. The molecular formula is C15H26N4O. The molecule has 1 aliphatic rings. The van der Waals surface area contributed by atoms with Crippen molar-refractivity contribution in [3.63, 3.8) is 0 Å². The summed E-state index contributed by atoms with van der Waals surface area (Å²) in [5.74, 6) is 0.0250. The summed E-state index contributed by atoms with van der Waals surface area (Å²) in [4.78, 5) is 12.6. The quantitative estimate of drug-likeness (QED) is 0.892. The van der Waals surface area contributed by atoms with Crippen molar-refractivity contribution in [2.24, 2.45) is 11.1 Å². The standard InChI is InChI=1S/C15H26N4O/c1-9(2)19-11(4)13(10(3)18-19)17-14(20)15(5)8-6-7-12(15)16/h9,12H,6-8,16H2,1-5H3,(H,17,20). The second kappa shape index (κ2) is 5.20. The molecule has 1 aromatic rings. The molecule has 0 saturated heterocycles. The summed E-state index contributed by atoms with van der Waals surface area (Å²) >= 11 is 0. The molecule has 2 atom stereocenters. The minimum absolute atomic E-state index is 0.0250. The maximum absolute atomic E-state index is 12.6. The van der Waals surface area contributed by atoms with Crippen molar-refractivity contribution in [3.8, 4) is 0 Å². The molecule has 112 valence electrons. The zero-order valence-electron chi connectivity index (χ0n) is 13.2. The lowest BCUT2D eigenvalue weighted by Gasteiger charge is -2.27. The third kappa shape index (κ3) is 2.35. The minimum Gasteiger partial charge on any atom is -0.327 e. The van der Waals surface area contributed by atoms with E-state index in [1.165, 1.54) is 0 Å². The largest absolute Gasteiger partial charge is 0.327 e. The number of carbonyl (C=O) groups is 1. The number of rotatable bonds is 3. The van der Waals surface area contributed by atoms with Crippen LogP contribution in [0.1, 0.15) is 57.5 Å². The van der Waals surface area contributed by atoms with E-state index >= 15 is 0 Å². The van der Waals surface area contributed by atoms with Gasteiger partial charge in [-0.2, -0.15) is 5.10 Å². The molecule has 1 amide bonds. The van der Waals surface area contributed by atoms with Crippen molar-refractivity contribution < 1.29 is 4.79 Å². The van der Waals surface area contributed by atoms with Gasteiger partial charge in [-0.05, 0) is 47.5 Å². The number of aryl methyl sites for hydroxylation is 1. The summed E-state index contributed by atoms with van der Waals surface area (Å²) in [5.41, 5.74) is 8.36. The maximum atomic E-state index is 12.6. The van der Waals surface area contributed by atoms with Crippen LogP contribution in [0.2, 0.25) is 0 Å². The second-order valence-corrected chi connectivity index (χ2v) is 6.45. The minimum atomic E-state index is -0.460. The van der Waals surface area contributed by atoms with Crippen LogP contribution in [-0.2, 0) is 4.79 Å². The number of aromatic nitrogens is 2. The van der Waals surface area contributed by atoms with Gasteiger partial charge in [-0.3, -0.25) is 9.48 Å². The zero-order valence-corrected chi connectivity index (χ0v) is 13.2. The molecule has 1 saturated carbocycles. The van der Waals surface area contributed by atoms with Crippen molar-refractivity contribution in [1.82, 2.24) is 9.78 Å². The molecule has 1 fully saturated rings. The Morgan fingerprint density at radius 1 is 1.50 bits per heavy atom. The van der Waals surface area contributed by atoms with Crippen molar-refractivity contribution in [3.05, 3.63) is 11.4 Å². The Balaban J connectivity index is 2.24. The molecule has 0 aromatic carbocycles. The lowest BCUT2D eigenvalue weighted by Crippen LogP contribution is -2.44. The zero-order chi connectivity index (χ0) is 15.1. The highest BCUT2D eigenvalue weighted by Crippen LogP contribution is 2.38. The van der Waals surface area contributed by atoms with Gasteiger partial charge in [0.1, 0.15) is 0 Å². The van der Waals surface area contributed by atoms with E-state index in [4.69, 9.17) is 5.73 Å². The second-order valence-electron chi connectivity index (χ2n) is 6.45. The SMILES string of the molecule is Cc1nn(C(C)C)c(C)c1NC(=O)C1(C)CCCC1N. The van der Waals surface area contributed by atoms with Gasteiger partial charge in [0.2, 0.25) is 5.91 Å². The van der Waals surface area contributed by atoms with Crippen molar-refractivity contribution in [2.45, 2.75) is 66.0 Å². The van der Waals surface area contributed by atoms with E-state index in [1.54, 1.807) is 0 Å². The Bertz CT molecular complexity index is 520. The third-order valence-corrected chi connectivity index (χ3v) is 4.60. The third-order valence-electron chi connectivity index (χ3n) is 4.60. The fraction of sp³-hybridized carbons (Fsp3) is 0.733. The molecule has 1 aromatic heterocycles. The molecule has 3 N–H and O–H groups in total. The normalized spacial score (nSPS) is 26.2. The molecule has 0 aliphatic heterocycles. The average molecular weight is 278 g/mol. The van der Waals surface area contributed by atoms with E-state index in [1.807, 2.05) is 25.5 Å². The summed E-state index contributed by atoms with van der Waals surface area (Å²) in [6.45, 7) is 10.1. The molecule has 2 unspecified atom stereocenters. The average Bonchev–Trinajstić information content (AvgIpc) is 2.85. The Hall–Kier alpha value is -1.36. The van der Waals surface area contributed by atoms with Gasteiger partial charge in [-0.15, -0.1) is 0 Å². The molecule has 0 spiro atoms. The molecule has 20 heavy (non-hydrogen) atoms. The summed E-state index contributed by atoms with van der Waals surface area (Å²) in [6.07, 6.45) is 2.80. The Labute approximate surface area is 120 Å². The van der Waals surface area contributed by atoms with Gasteiger partial charge >= 0.3 is 0 Å². The summed E-state index contributed by atoms with van der Waals surface area (Å²) in [7, 11) is 0. The van der Waals surface area contributed by atoms with Crippen LogP contribution in [0, 0.1) is 19.3 Å². The first-order chi connectivity index (χ1) is 9.27. The van der Waals surface area contributed by atoms with Gasteiger partial charge in [0, 0.05) is 12.1 Å². The van der Waals surface area contributed by atoms with Crippen LogP contribution in [0.4, 0.5) is 5.69 Å². The van der Waals surface area contributed by atoms with Crippen LogP contribution in [0.3, 0.4) is 0 Å². The van der Waals surface area contributed by atoms with Crippen molar-refractivity contribution >= 4 is 11.6 Å². The number of nitrogens with two attached hydrogens (primary N) is 1. The molecule has 0 radical (unpaired) electrons. The smallest absolute Gasteiger partial charge is 0.231 e. The Morgan fingerprint density at radius 3 is 2.60 bits per heavy atom. The summed E-state index contributed by atoms with van der Waals surface area (Å²) in [6, 6.07) is 0.229. The van der Waals surface area contributed by atoms with Gasteiger partial charge < -0.3 is 11.1 Å². The Kier molecular flexibility index (Phi) is 3.91. The number of hydrogen-bond donors (Lipinski definition) is 2. The topological polar surface area (TPSA) is 72.9 Å². The lowest BCUT2D eigenvalue weighted by molar-refractivity contribution is -0.125. The number of nitrogens with zero attached hydrogens (tertiary/aromatic N) is 2. The monoisotopic (exact) mass is 278 g/mol. The van der Waals surface area contributed by atoms with Gasteiger partial charge in [0.25, 0.3) is 0 Å². The molecule has 2 rings (SSSR count). The highest BCUT2D eigenvalue weighted by Gasteiger charge is 2.43. The molecule has 0 bridgehead atoms.